The summed E-state index contributed by atoms with van der Waals surface area (Å²) in [6.45, 7) is 1.97. The molecule has 1 aromatic heterocycles. The summed E-state index contributed by atoms with van der Waals surface area (Å²) in [5, 5.41) is 11.3. The first-order valence-corrected chi connectivity index (χ1v) is 5.28. The van der Waals surface area contributed by atoms with Crippen molar-refractivity contribution in [2.24, 2.45) is 0 Å². The molecule has 0 unspecified atom stereocenters. The number of rotatable bonds is 1. The molecular weight excluding hydrogens is 186 g/mol. The van der Waals surface area contributed by atoms with Crippen molar-refractivity contribution >= 4 is 10.9 Å². The highest BCUT2D eigenvalue weighted by Gasteiger charge is 2.43. The number of nitrogens with zero attached hydrogens (tertiary/aromatic N) is 1. The number of aromatic nitrogens is 1. The van der Waals surface area contributed by atoms with Crippen LogP contribution in [0.2, 0.25) is 0 Å². The lowest BCUT2D eigenvalue weighted by Crippen LogP contribution is -2.06. The van der Waals surface area contributed by atoms with E-state index in [4.69, 9.17) is 0 Å². The maximum Gasteiger partial charge on any atom is 0.0906 e. The van der Waals surface area contributed by atoms with E-state index in [0.29, 0.717) is 0 Å². The van der Waals surface area contributed by atoms with Gasteiger partial charge in [0.05, 0.1) is 11.1 Å². The molecule has 1 aromatic carbocycles. The predicted molar refractivity (Wildman–Crippen MR) is 59.6 cm³/mol. The third-order valence-corrected chi connectivity index (χ3v) is 3.07. The molecule has 0 radical (unpaired) electrons. The number of hydrogen-bond acceptors (Lipinski definition) is 2. The number of para-hydroxylation sites is 1. The van der Waals surface area contributed by atoms with Crippen molar-refractivity contribution in [2.45, 2.75) is 25.4 Å². The highest BCUT2D eigenvalue weighted by molar-refractivity contribution is 5.83. The Balaban J connectivity index is 2.36. The maximum atomic E-state index is 10.2. The molecular formula is C13H13NO. The van der Waals surface area contributed by atoms with Crippen LogP contribution in [0.5, 0.6) is 0 Å². The van der Waals surface area contributed by atoms with Crippen molar-refractivity contribution in [1.29, 1.82) is 0 Å². The number of benzene rings is 1. The largest absolute Gasteiger partial charge is 0.385 e. The normalized spacial score (nSPS) is 18.0. The highest BCUT2D eigenvalue weighted by Crippen LogP contribution is 2.47. The van der Waals surface area contributed by atoms with Gasteiger partial charge in [-0.2, -0.15) is 0 Å². The number of pyridine rings is 1. The number of hydrogen-bond donors (Lipinski definition) is 1. The summed E-state index contributed by atoms with van der Waals surface area (Å²) in [6.07, 6.45) is 1.75. The zero-order chi connectivity index (χ0) is 10.5. The molecule has 1 aliphatic carbocycles. The van der Waals surface area contributed by atoms with E-state index >= 15 is 0 Å². The first-order chi connectivity index (χ1) is 7.19. The van der Waals surface area contributed by atoms with E-state index in [1.807, 2.05) is 37.3 Å². The van der Waals surface area contributed by atoms with Crippen LogP contribution in [0.1, 0.15) is 24.1 Å². The van der Waals surface area contributed by atoms with Crippen LogP contribution in [0.4, 0.5) is 0 Å². The standard InChI is InChI=1S/C13H13NO/c1-9-8-11(13(15)6-7-13)10-4-2-3-5-12(10)14-9/h2-5,8,15H,6-7H2,1H3. The Kier molecular flexibility index (Phi) is 1.65. The summed E-state index contributed by atoms with van der Waals surface area (Å²) < 4.78 is 0. The summed E-state index contributed by atoms with van der Waals surface area (Å²) in [7, 11) is 0. The van der Waals surface area contributed by atoms with Crippen molar-refractivity contribution in [3.63, 3.8) is 0 Å². The molecule has 3 rings (SSSR count). The molecule has 1 fully saturated rings. The van der Waals surface area contributed by atoms with Crippen molar-refractivity contribution in [3.8, 4) is 0 Å². The SMILES string of the molecule is Cc1cc(C2(O)CC2)c2ccccc2n1. The van der Waals surface area contributed by atoms with E-state index in [1.54, 1.807) is 0 Å². The van der Waals surface area contributed by atoms with Gasteiger partial charge in [-0.1, -0.05) is 18.2 Å². The third kappa shape index (κ3) is 1.33. The minimum Gasteiger partial charge on any atom is -0.385 e. The van der Waals surface area contributed by atoms with Gasteiger partial charge >= 0.3 is 0 Å². The summed E-state index contributed by atoms with van der Waals surface area (Å²) in [4.78, 5) is 4.47. The number of aryl methyl sites for hydroxylation is 1. The Morgan fingerprint density at radius 2 is 2.00 bits per heavy atom. The quantitative estimate of drug-likeness (QED) is 0.765. The first-order valence-electron chi connectivity index (χ1n) is 5.28. The van der Waals surface area contributed by atoms with Gasteiger partial charge in [-0.15, -0.1) is 0 Å². The van der Waals surface area contributed by atoms with Crippen LogP contribution in [-0.4, -0.2) is 10.1 Å². The van der Waals surface area contributed by atoms with Crippen molar-refractivity contribution < 1.29 is 5.11 Å². The summed E-state index contributed by atoms with van der Waals surface area (Å²) in [6, 6.07) is 10.0. The molecule has 0 spiro atoms. The molecule has 0 atom stereocenters. The third-order valence-electron chi connectivity index (χ3n) is 3.07. The lowest BCUT2D eigenvalue weighted by atomic mass is 10.0. The Morgan fingerprint density at radius 3 is 2.73 bits per heavy atom. The highest BCUT2D eigenvalue weighted by atomic mass is 16.3. The molecule has 2 nitrogen and oxygen atoms in total. The molecule has 1 N–H and O–H groups in total. The first kappa shape index (κ1) is 8.86. The lowest BCUT2D eigenvalue weighted by molar-refractivity contribution is 0.153. The van der Waals surface area contributed by atoms with Crippen LogP contribution >= 0.6 is 0 Å². The van der Waals surface area contributed by atoms with E-state index < -0.39 is 5.60 Å². The Morgan fingerprint density at radius 1 is 1.27 bits per heavy atom. The topological polar surface area (TPSA) is 33.1 Å². The minimum absolute atomic E-state index is 0.576. The van der Waals surface area contributed by atoms with Gasteiger partial charge in [-0.05, 0) is 37.5 Å². The fourth-order valence-corrected chi connectivity index (χ4v) is 2.08. The Hall–Kier alpha value is -1.41. The van der Waals surface area contributed by atoms with E-state index in [-0.39, 0.29) is 0 Å². The zero-order valence-electron chi connectivity index (χ0n) is 8.70. The molecule has 1 saturated carbocycles. The van der Waals surface area contributed by atoms with Gasteiger partial charge < -0.3 is 5.11 Å². The van der Waals surface area contributed by atoms with E-state index in [9.17, 15) is 5.11 Å². The fourth-order valence-electron chi connectivity index (χ4n) is 2.08. The van der Waals surface area contributed by atoms with E-state index in [2.05, 4.69) is 4.98 Å². The van der Waals surface area contributed by atoms with Gasteiger partial charge in [-0.3, -0.25) is 4.98 Å². The molecule has 1 heterocycles. The second-order valence-electron chi connectivity index (χ2n) is 4.36. The van der Waals surface area contributed by atoms with Gasteiger partial charge in [0, 0.05) is 11.1 Å². The van der Waals surface area contributed by atoms with Crippen LogP contribution in [0.25, 0.3) is 10.9 Å². The van der Waals surface area contributed by atoms with Crippen molar-refractivity contribution in [1.82, 2.24) is 4.98 Å². The van der Waals surface area contributed by atoms with Gasteiger partial charge in [0.1, 0.15) is 0 Å². The minimum atomic E-state index is -0.576. The maximum absolute atomic E-state index is 10.2. The predicted octanol–water partition coefficient (Wildman–Crippen LogP) is 2.52. The average Bonchev–Trinajstić information content (AvgIpc) is 2.96. The second-order valence-corrected chi connectivity index (χ2v) is 4.36. The molecule has 76 valence electrons. The Bertz CT molecular complexity index is 529. The monoisotopic (exact) mass is 199 g/mol. The molecule has 0 saturated heterocycles. The van der Waals surface area contributed by atoms with Crippen LogP contribution in [0, 0.1) is 6.92 Å². The summed E-state index contributed by atoms with van der Waals surface area (Å²) in [5.74, 6) is 0. The Labute approximate surface area is 88.6 Å². The van der Waals surface area contributed by atoms with E-state index in [0.717, 1.165) is 35.0 Å². The molecule has 1 aliphatic rings. The fraction of sp³-hybridized carbons (Fsp3) is 0.308. The van der Waals surface area contributed by atoms with Crippen LogP contribution in [0.15, 0.2) is 30.3 Å². The van der Waals surface area contributed by atoms with Crippen molar-refractivity contribution in [3.05, 3.63) is 41.6 Å². The number of fused-ring (bicyclic) bond motifs is 1. The van der Waals surface area contributed by atoms with Crippen LogP contribution in [0.3, 0.4) is 0 Å². The number of aliphatic hydroxyl groups is 1. The molecule has 0 bridgehead atoms. The molecule has 0 amide bonds. The summed E-state index contributed by atoms with van der Waals surface area (Å²) in [5.41, 5.74) is 2.43. The molecule has 0 aliphatic heterocycles. The van der Waals surface area contributed by atoms with Gasteiger partial charge in [0.15, 0.2) is 0 Å². The van der Waals surface area contributed by atoms with Gasteiger partial charge in [0.2, 0.25) is 0 Å². The smallest absolute Gasteiger partial charge is 0.0906 e. The molecule has 15 heavy (non-hydrogen) atoms. The van der Waals surface area contributed by atoms with Gasteiger partial charge in [0.25, 0.3) is 0 Å². The average molecular weight is 199 g/mol. The van der Waals surface area contributed by atoms with Crippen LogP contribution in [-0.2, 0) is 5.60 Å². The zero-order valence-corrected chi connectivity index (χ0v) is 8.70. The second kappa shape index (κ2) is 2.80. The van der Waals surface area contributed by atoms with E-state index in [1.165, 1.54) is 0 Å². The molecule has 2 heteroatoms. The lowest BCUT2D eigenvalue weighted by Gasteiger charge is -2.12. The van der Waals surface area contributed by atoms with Gasteiger partial charge in [-0.25, -0.2) is 0 Å². The molecule has 2 aromatic rings. The summed E-state index contributed by atoms with van der Waals surface area (Å²) >= 11 is 0. The van der Waals surface area contributed by atoms with Crippen LogP contribution < -0.4 is 0 Å². The van der Waals surface area contributed by atoms with Crippen molar-refractivity contribution in [2.75, 3.05) is 0 Å².